The third-order valence-corrected chi connectivity index (χ3v) is 2.65. The minimum absolute atomic E-state index is 0.0441. The molecule has 0 bridgehead atoms. The van der Waals surface area contributed by atoms with Crippen LogP contribution in [0.3, 0.4) is 0 Å². The zero-order valence-electron chi connectivity index (χ0n) is 9.52. The lowest BCUT2D eigenvalue weighted by molar-refractivity contribution is -0.384. The van der Waals surface area contributed by atoms with Crippen molar-refractivity contribution in [2.45, 2.75) is 6.10 Å². The van der Waals surface area contributed by atoms with E-state index < -0.39 is 11.0 Å². The van der Waals surface area contributed by atoms with E-state index in [1.807, 2.05) is 30.3 Å². The SMILES string of the molecule is NOC(c1ccccc1)c1ccc([N+](=O)[O-])cc1. The van der Waals surface area contributed by atoms with Crippen molar-refractivity contribution in [3.63, 3.8) is 0 Å². The van der Waals surface area contributed by atoms with Crippen LogP contribution in [0.2, 0.25) is 0 Å². The average molecular weight is 244 g/mol. The van der Waals surface area contributed by atoms with Crippen LogP contribution >= 0.6 is 0 Å². The predicted octanol–water partition coefficient (Wildman–Crippen LogP) is 2.57. The Hall–Kier alpha value is -2.24. The molecule has 0 saturated heterocycles. The number of non-ortho nitro benzene ring substituents is 1. The van der Waals surface area contributed by atoms with Crippen LogP contribution in [0.5, 0.6) is 0 Å². The summed E-state index contributed by atoms with van der Waals surface area (Å²) in [5, 5.41) is 10.6. The van der Waals surface area contributed by atoms with Crippen molar-refractivity contribution in [2.75, 3.05) is 0 Å². The Morgan fingerprint density at radius 1 is 1.00 bits per heavy atom. The summed E-state index contributed by atoms with van der Waals surface area (Å²) in [7, 11) is 0. The van der Waals surface area contributed by atoms with Crippen molar-refractivity contribution in [3.05, 3.63) is 75.8 Å². The molecule has 2 rings (SSSR count). The van der Waals surface area contributed by atoms with Crippen LogP contribution in [0.1, 0.15) is 17.2 Å². The molecule has 5 heteroatoms. The van der Waals surface area contributed by atoms with E-state index in [0.29, 0.717) is 0 Å². The van der Waals surface area contributed by atoms with Crippen molar-refractivity contribution in [3.8, 4) is 0 Å². The molecule has 0 aliphatic rings. The summed E-state index contributed by atoms with van der Waals surface area (Å²) in [6, 6.07) is 15.6. The summed E-state index contributed by atoms with van der Waals surface area (Å²) in [5.41, 5.74) is 1.71. The molecule has 1 atom stereocenters. The fraction of sp³-hybridized carbons (Fsp3) is 0.0769. The second-order valence-electron chi connectivity index (χ2n) is 3.78. The summed E-state index contributed by atoms with van der Waals surface area (Å²) in [5.74, 6) is 5.30. The summed E-state index contributed by atoms with van der Waals surface area (Å²) in [6.07, 6.45) is -0.424. The average Bonchev–Trinajstić information content (AvgIpc) is 2.41. The molecule has 0 amide bonds. The molecule has 5 nitrogen and oxygen atoms in total. The highest BCUT2D eigenvalue weighted by Crippen LogP contribution is 2.25. The van der Waals surface area contributed by atoms with E-state index in [4.69, 9.17) is 10.7 Å². The first kappa shape index (κ1) is 12.2. The third-order valence-electron chi connectivity index (χ3n) is 2.65. The van der Waals surface area contributed by atoms with Gasteiger partial charge in [-0.3, -0.25) is 15.0 Å². The Morgan fingerprint density at radius 2 is 1.56 bits per heavy atom. The molecular formula is C13H12N2O3. The van der Waals surface area contributed by atoms with E-state index in [0.717, 1.165) is 11.1 Å². The first-order chi connectivity index (χ1) is 8.72. The van der Waals surface area contributed by atoms with Gasteiger partial charge in [0.2, 0.25) is 0 Å². The topological polar surface area (TPSA) is 78.4 Å². The molecule has 2 aromatic carbocycles. The normalized spacial score (nSPS) is 12.1. The van der Waals surface area contributed by atoms with E-state index in [1.54, 1.807) is 12.1 Å². The van der Waals surface area contributed by atoms with Crippen LogP contribution in [-0.2, 0) is 4.84 Å². The summed E-state index contributed by atoms with van der Waals surface area (Å²) >= 11 is 0. The number of hydrogen-bond donors (Lipinski definition) is 1. The Labute approximate surface area is 104 Å². The van der Waals surface area contributed by atoms with Gasteiger partial charge in [0.15, 0.2) is 0 Å². The molecule has 0 aliphatic heterocycles. The maximum absolute atomic E-state index is 10.6. The van der Waals surface area contributed by atoms with E-state index in [2.05, 4.69) is 0 Å². The molecule has 0 heterocycles. The number of nitrogens with zero attached hydrogens (tertiary/aromatic N) is 1. The largest absolute Gasteiger partial charge is 0.292 e. The molecule has 0 aromatic heterocycles. The lowest BCUT2D eigenvalue weighted by atomic mass is 10.0. The number of nitro groups is 1. The van der Waals surface area contributed by atoms with E-state index in [-0.39, 0.29) is 5.69 Å². The van der Waals surface area contributed by atoms with Gasteiger partial charge in [0.1, 0.15) is 6.10 Å². The Kier molecular flexibility index (Phi) is 3.66. The minimum Gasteiger partial charge on any atom is -0.292 e. The lowest BCUT2D eigenvalue weighted by Gasteiger charge is -2.14. The van der Waals surface area contributed by atoms with Gasteiger partial charge < -0.3 is 0 Å². The van der Waals surface area contributed by atoms with Gasteiger partial charge in [-0.1, -0.05) is 30.3 Å². The van der Waals surface area contributed by atoms with Gasteiger partial charge in [0.05, 0.1) is 4.92 Å². The van der Waals surface area contributed by atoms with Crippen LogP contribution in [0, 0.1) is 10.1 Å². The molecule has 18 heavy (non-hydrogen) atoms. The Bertz CT molecular complexity index is 526. The van der Waals surface area contributed by atoms with Crippen molar-refractivity contribution in [1.29, 1.82) is 0 Å². The van der Waals surface area contributed by atoms with Crippen molar-refractivity contribution in [2.24, 2.45) is 5.90 Å². The van der Waals surface area contributed by atoms with Crippen molar-refractivity contribution >= 4 is 5.69 Å². The summed E-state index contributed by atoms with van der Waals surface area (Å²) in [6.45, 7) is 0. The second kappa shape index (κ2) is 5.39. The molecule has 0 radical (unpaired) electrons. The van der Waals surface area contributed by atoms with Crippen molar-refractivity contribution < 1.29 is 9.76 Å². The van der Waals surface area contributed by atoms with E-state index >= 15 is 0 Å². The maximum Gasteiger partial charge on any atom is 0.269 e. The van der Waals surface area contributed by atoms with E-state index in [1.165, 1.54) is 12.1 Å². The fourth-order valence-corrected chi connectivity index (χ4v) is 1.75. The predicted molar refractivity (Wildman–Crippen MR) is 66.7 cm³/mol. The summed E-state index contributed by atoms with van der Waals surface area (Å²) < 4.78 is 0. The van der Waals surface area contributed by atoms with Crippen LogP contribution in [0.25, 0.3) is 0 Å². The third kappa shape index (κ3) is 2.53. The molecular weight excluding hydrogens is 232 g/mol. The highest BCUT2D eigenvalue weighted by molar-refractivity contribution is 5.37. The number of rotatable bonds is 4. The molecule has 0 saturated carbocycles. The second-order valence-corrected chi connectivity index (χ2v) is 3.78. The lowest BCUT2D eigenvalue weighted by Crippen LogP contribution is -2.10. The molecule has 92 valence electrons. The molecule has 2 N–H and O–H groups in total. The first-order valence-electron chi connectivity index (χ1n) is 5.37. The van der Waals surface area contributed by atoms with Gasteiger partial charge in [-0.25, -0.2) is 5.90 Å². The molecule has 0 spiro atoms. The minimum atomic E-state index is -0.440. The molecule has 2 aromatic rings. The fourth-order valence-electron chi connectivity index (χ4n) is 1.75. The van der Waals surface area contributed by atoms with Crippen LogP contribution in [-0.4, -0.2) is 4.92 Å². The molecule has 1 unspecified atom stereocenters. The van der Waals surface area contributed by atoms with E-state index in [9.17, 15) is 10.1 Å². The molecule has 0 fully saturated rings. The Morgan fingerprint density at radius 3 is 2.06 bits per heavy atom. The smallest absolute Gasteiger partial charge is 0.269 e. The Balaban J connectivity index is 2.31. The number of benzene rings is 2. The van der Waals surface area contributed by atoms with Crippen LogP contribution in [0.4, 0.5) is 5.69 Å². The van der Waals surface area contributed by atoms with Gasteiger partial charge in [0.25, 0.3) is 5.69 Å². The van der Waals surface area contributed by atoms with Crippen LogP contribution < -0.4 is 5.90 Å². The zero-order chi connectivity index (χ0) is 13.0. The van der Waals surface area contributed by atoms with Crippen LogP contribution in [0.15, 0.2) is 54.6 Å². The first-order valence-corrected chi connectivity index (χ1v) is 5.37. The van der Waals surface area contributed by atoms with Gasteiger partial charge in [-0.2, -0.15) is 0 Å². The van der Waals surface area contributed by atoms with Crippen molar-refractivity contribution in [1.82, 2.24) is 0 Å². The monoisotopic (exact) mass is 244 g/mol. The highest BCUT2D eigenvalue weighted by Gasteiger charge is 2.15. The number of hydrogen-bond acceptors (Lipinski definition) is 4. The zero-order valence-corrected chi connectivity index (χ0v) is 9.52. The number of nitro benzene ring substituents is 1. The highest BCUT2D eigenvalue weighted by atomic mass is 16.6. The van der Waals surface area contributed by atoms with Gasteiger partial charge >= 0.3 is 0 Å². The van der Waals surface area contributed by atoms with Gasteiger partial charge in [-0.15, -0.1) is 0 Å². The quantitative estimate of drug-likeness (QED) is 0.662. The number of nitrogens with two attached hydrogens (primary N) is 1. The maximum atomic E-state index is 10.6. The molecule has 0 aliphatic carbocycles. The summed E-state index contributed by atoms with van der Waals surface area (Å²) in [4.78, 5) is 15.1. The standard InChI is InChI=1S/C13H12N2O3/c14-18-13(10-4-2-1-3-5-10)11-6-8-12(9-7-11)15(16)17/h1-9,13H,14H2. The van der Waals surface area contributed by atoms with Gasteiger partial charge in [0, 0.05) is 12.1 Å². The van der Waals surface area contributed by atoms with Gasteiger partial charge in [-0.05, 0) is 23.3 Å².